The van der Waals surface area contributed by atoms with E-state index in [0.29, 0.717) is 25.7 Å². The van der Waals surface area contributed by atoms with Crippen LogP contribution >= 0.6 is 0 Å². The lowest BCUT2D eigenvalue weighted by Gasteiger charge is -2.29. The van der Waals surface area contributed by atoms with E-state index in [1.54, 1.807) is 19.1 Å². The summed E-state index contributed by atoms with van der Waals surface area (Å²) in [4.78, 5) is 16.3. The molecule has 0 aliphatic heterocycles. The molecular formula is C24H26F4N4O3S. The van der Waals surface area contributed by atoms with E-state index in [1.165, 1.54) is 37.3 Å². The number of fused-ring (bicyclic) bond motifs is 1. The van der Waals surface area contributed by atoms with Gasteiger partial charge in [-0.25, -0.2) is 22.5 Å². The number of hydrogen-bond donors (Lipinski definition) is 2. The smallest absolute Gasteiger partial charge is 0.349 e. The number of carbonyl (C=O) groups excluding carboxylic acids is 1. The van der Waals surface area contributed by atoms with Crippen molar-refractivity contribution in [1.29, 1.82) is 0 Å². The van der Waals surface area contributed by atoms with Gasteiger partial charge >= 0.3 is 6.18 Å². The van der Waals surface area contributed by atoms with Crippen LogP contribution in [0.4, 0.5) is 17.6 Å². The minimum absolute atomic E-state index is 0.113. The molecule has 4 rings (SSSR count). The predicted molar refractivity (Wildman–Crippen MR) is 124 cm³/mol. The second kappa shape index (κ2) is 9.81. The van der Waals surface area contributed by atoms with Crippen LogP contribution in [-0.4, -0.2) is 29.8 Å². The van der Waals surface area contributed by atoms with Gasteiger partial charge in [-0.1, -0.05) is 18.2 Å². The van der Waals surface area contributed by atoms with Gasteiger partial charge in [-0.2, -0.15) is 13.2 Å². The van der Waals surface area contributed by atoms with Gasteiger partial charge in [0, 0.05) is 12.0 Å². The number of hydrogen-bond acceptors (Lipinski definition) is 4. The van der Waals surface area contributed by atoms with Crippen molar-refractivity contribution in [3.05, 3.63) is 65.2 Å². The molecule has 194 valence electrons. The monoisotopic (exact) mass is 526 g/mol. The van der Waals surface area contributed by atoms with Gasteiger partial charge in [0.1, 0.15) is 11.5 Å². The maximum absolute atomic E-state index is 13.3. The second-order valence-electron chi connectivity index (χ2n) is 9.05. The molecule has 1 aliphatic carbocycles. The van der Waals surface area contributed by atoms with Crippen LogP contribution in [0.15, 0.2) is 47.5 Å². The number of amides is 1. The normalized spacial score (nSPS) is 19.8. The number of aromatic nitrogens is 2. The van der Waals surface area contributed by atoms with E-state index in [4.69, 9.17) is 0 Å². The van der Waals surface area contributed by atoms with Crippen LogP contribution < -0.4 is 10.0 Å². The highest BCUT2D eigenvalue weighted by molar-refractivity contribution is 7.89. The van der Waals surface area contributed by atoms with Crippen LogP contribution in [0.1, 0.15) is 55.6 Å². The summed E-state index contributed by atoms with van der Waals surface area (Å²) >= 11 is 0. The van der Waals surface area contributed by atoms with Crippen LogP contribution in [0, 0.1) is 18.7 Å². The summed E-state index contributed by atoms with van der Waals surface area (Å²) in [5.74, 6) is -0.827. The first kappa shape index (κ1) is 26.1. The summed E-state index contributed by atoms with van der Waals surface area (Å²) in [6, 6.07) is 8.98. The molecule has 0 saturated heterocycles. The van der Waals surface area contributed by atoms with Gasteiger partial charge in [0.25, 0.3) is 10.0 Å². The fourth-order valence-corrected chi connectivity index (χ4v) is 6.13. The van der Waals surface area contributed by atoms with Crippen LogP contribution in [0.2, 0.25) is 0 Å². The van der Waals surface area contributed by atoms with Crippen molar-refractivity contribution in [2.24, 2.45) is 5.92 Å². The zero-order valence-electron chi connectivity index (χ0n) is 19.6. The lowest BCUT2D eigenvalue weighted by molar-refractivity contribution is -0.141. The zero-order chi connectivity index (χ0) is 26.3. The molecule has 0 spiro atoms. The van der Waals surface area contributed by atoms with Gasteiger partial charge in [-0.05, 0) is 69.4 Å². The third-order valence-corrected chi connectivity index (χ3v) is 8.04. The Morgan fingerprint density at radius 3 is 2.33 bits per heavy atom. The quantitative estimate of drug-likeness (QED) is 0.462. The van der Waals surface area contributed by atoms with Gasteiger partial charge in [-0.3, -0.25) is 9.20 Å². The molecule has 12 heteroatoms. The van der Waals surface area contributed by atoms with Crippen molar-refractivity contribution < 1.29 is 30.8 Å². The minimum atomic E-state index is -4.71. The molecule has 0 unspecified atom stereocenters. The van der Waals surface area contributed by atoms with Crippen molar-refractivity contribution in [2.45, 2.75) is 62.8 Å². The van der Waals surface area contributed by atoms with Crippen molar-refractivity contribution in [2.75, 3.05) is 0 Å². The van der Waals surface area contributed by atoms with Crippen molar-refractivity contribution in [1.82, 2.24) is 19.4 Å². The molecule has 2 heterocycles. The Bertz CT molecular complexity index is 1360. The maximum Gasteiger partial charge on any atom is 0.435 e. The number of imidazole rings is 1. The number of carbonyl (C=O) groups is 1. The molecule has 1 atom stereocenters. The van der Waals surface area contributed by atoms with Gasteiger partial charge < -0.3 is 5.32 Å². The largest absolute Gasteiger partial charge is 0.435 e. The fourth-order valence-electron chi connectivity index (χ4n) is 4.60. The van der Waals surface area contributed by atoms with Crippen LogP contribution in [0.5, 0.6) is 0 Å². The number of nitrogens with one attached hydrogen (secondary N) is 2. The van der Waals surface area contributed by atoms with E-state index in [2.05, 4.69) is 15.0 Å². The topological polar surface area (TPSA) is 92.6 Å². The van der Waals surface area contributed by atoms with E-state index >= 15 is 0 Å². The summed E-state index contributed by atoms with van der Waals surface area (Å²) in [5, 5.41) is 2.59. The molecule has 1 aromatic carbocycles. The van der Waals surface area contributed by atoms with Gasteiger partial charge in [0.15, 0.2) is 10.7 Å². The zero-order valence-corrected chi connectivity index (χ0v) is 20.5. The molecule has 2 N–H and O–H groups in total. The molecule has 1 amide bonds. The molecule has 3 aromatic rings. The van der Waals surface area contributed by atoms with E-state index < -0.39 is 27.9 Å². The van der Waals surface area contributed by atoms with E-state index in [1.807, 2.05) is 0 Å². The van der Waals surface area contributed by atoms with E-state index in [-0.39, 0.29) is 40.1 Å². The lowest BCUT2D eigenvalue weighted by Crippen LogP contribution is -2.41. The van der Waals surface area contributed by atoms with Gasteiger partial charge in [0.05, 0.1) is 11.7 Å². The van der Waals surface area contributed by atoms with Gasteiger partial charge in [0.2, 0.25) is 5.91 Å². The third-order valence-electron chi connectivity index (χ3n) is 6.53. The molecular weight excluding hydrogens is 500 g/mol. The Morgan fingerprint density at radius 1 is 1.08 bits per heavy atom. The van der Waals surface area contributed by atoms with Crippen LogP contribution in [0.3, 0.4) is 0 Å². The fraction of sp³-hybridized carbons (Fsp3) is 0.417. The molecule has 1 saturated carbocycles. The number of sulfonamides is 1. The Balaban J connectivity index is 1.41. The maximum atomic E-state index is 13.3. The van der Waals surface area contributed by atoms with Crippen LogP contribution in [-0.2, 0) is 21.0 Å². The highest BCUT2D eigenvalue weighted by Crippen LogP contribution is 2.33. The average Bonchev–Trinajstić information content (AvgIpc) is 3.17. The molecule has 7 nitrogen and oxygen atoms in total. The van der Waals surface area contributed by atoms with E-state index in [9.17, 15) is 30.8 Å². The number of benzene rings is 1. The van der Waals surface area contributed by atoms with Crippen molar-refractivity contribution in [3.8, 4) is 0 Å². The van der Waals surface area contributed by atoms with Crippen LogP contribution in [0.25, 0.3) is 5.65 Å². The summed E-state index contributed by atoms with van der Waals surface area (Å²) in [5.41, 5.74) is -0.789. The molecule has 36 heavy (non-hydrogen) atoms. The number of rotatable bonds is 6. The first-order valence-electron chi connectivity index (χ1n) is 11.5. The number of aryl methyl sites for hydroxylation is 1. The molecule has 0 bridgehead atoms. The lowest BCUT2D eigenvalue weighted by atomic mass is 9.85. The second-order valence-corrected chi connectivity index (χ2v) is 10.7. The Kier molecular flexibility index (Phi) is 7.11. The summed E-state index contributed by atoms with van der Waals surface area (Å²) in [7, 11) is -4.16. The first-order chi connectivity index (χ1) is 16.9. The Labute approximate surface area is 206 Å². The molecule has 1 aliphatic rings. The number of pyridine rings is 1. The molecule has 1 fully saturated rings. The summed E-state index contributed by atoms with van der Waals surface area (Å²) in [6.45, 7) is 2.98. The molecule has 2 aromatic heterocycles. The summed E-state index contributed by atoms with van der Waals surface area (Å²) in [6.07, 6.45) is -3.02. The first-order valence-corrected chi connectivity index (χ1v) is 13.0. The Morgan fingerprint density at radius 2 is 1.72 bits per heavy atom. The highest BCUT2D eigenvalue weighted by Gasteiger charge is 2.38. The van der Waals surface area contributed by atoms with E-state index in [0.717, 1.165) is 9.96 Å². The highest BCUT2D eigenvalue weighted by atomic mass is 32.2. The standard InChI is InChI=1S/C24H26F4N4O3S/c1-14(16-6-10-18(25)11-7-16)29-23(33)17-8-12-19(13-9-17)31-36(34,35)21-5-3-4-20-30-22(24(26,27)28)15(2)32(20)21/h3-7,10-11,14,17,19,31H,8-9,12-13H2,1-2H3,(H,29,33)/t14-,17-,19-/m1/s1. The average molecular weight is 527 g/mol. The number of nitrogens with zero attached hydrogens (tertiary/aromatic N) is 2. The minimum Gasteiger partial charge on any atom is -0.349 e. The predicted octanol–water partition coefficient (Wildman–Crippen LogP) is 4.52. The van der Waals surface area contributed by atoms with Gasteiger partial charge in [-0.15, -0.1) is 0 Å². The molecule has 0 radical (unpaired) electrons. The van der Waals surface area contributed by atoms with Crippen molar-refractivity contribution >= 4 is 21.6 Å². The number of alkyl halides is 3. The Hall–Kier alpha value is -2.99. The number of halogens is 4. The third kappa shape index (κ3) is 5.39. The van der Waals surface area contributed by atoms with Crippen molar-refractivity contribution in [3.63, 3.8) is 0 Å². The summed E-state index contributed by atoms with van der Waals surface area (Å²) < 4.78 is 82.8. The SMILES string of the molecule is Cc1c(C(F)(F)F)nc2cccc(S(=O)(=O)N[C@H]3CC[C@H](C(=O)N[C@H](C)c4ccc(F)cc4)CC3)n12.